The van der Waals surface area contributed by atoms with E-state index in [0.29, 0.717) is 31.9 Å². The third kappa shape index (κ3) is 4.09. The topological polar surface area (TPSA) is 115 Å². The van der Waals surface area contributed by atoms with Crippen molar-refractivity contribution in [1.29, 1.82) is 0 Å². The van der Waals surface area contributed by atoms with E-state index in [2.05, 4.69) is 34.5 Å². The number of piperidine rings is 1. The number of ether oxygens (including phenoxy) is 1. The van der Waals surface area contributed by atoms with Crippen molar-refractivity contribution in [3.05, 3.63) is 18.3 Å². The summed E-state index contributed by atoms with van der Waals surface area (Å²) in [5.74, 6) is 0.551. The van der Waals surface area contributed by atoms with E-state index in [1.807, 2.05) is 16.8 Å². The van der Waals surface area contributed by atoms with Crippen LogP contribution in [0.5, 0.6) is 0 Å². The lowest BCUT2D eigenvalue weighted by molar-refractivity contribution is 0.214. The molecule has 0 unspecified atom stereocenters. The molecule has 11 heteroatoms. The van der Waals surface area contributed by atoms with Crippen LogP contribution < -0.4 is 5.32 Å². The zero-order valence-electron chi connectivity index (χ0n) is 17.4. The highest BCUT2D eigenvalue weighted by Gasteiger charge is 2.28. The predicted molar refractivity (Wildman–Crippen MR) is 115 cm³/mol. The molecule has 0 aliphatic carbocycles. The van der Waals surface area contributed by atoms with Gasteiger partial charge in [0.1, 0.15) is 16.6 Å². The number of methoxy groups -OCH3 is 1. The maximum atomic E-state index is 12.3. The van der Waals surface area contributed by atoms with E-state index in [0.717, 1.165) is 21.9 Å². The Balaban J connectivity index is 1.51. The van der Waals surface area contributed by atoms with Gasteiger partial charge in [-0.15, -0.1) is 5.10 Å². The van der Waals surface area contributed by atoms with Crippen LogP contribution in [0.25, 0.3) is 21.9 Å². The molecule has 30 heavy (non-hydrogen) atoms. The number of rotatable bonds is 7. The molecule has 1 N–H and O–H groups in total. The van der Waals surface area contributed by atoms with Gasteiger partial charge in [0.2, 0.25) is 16.0 Å². The molecule has 2 aromatic heterocycles. The second-order valence-corrected chi connectivity index (χ2v) is 9.91. The summed E-state index contributed by atoms with van der Waals surface area (Å²) in [5.41, 5.74) is 2.51. The first-order chi connectivity index (χ1) is 14.4. The molecule has 0 amide bonds. The van der Waals surface area contributed by atoms with Gasteiger partial charge in [0.05, 0.1) is 12.4 Å². The number of sulfonamides is 1. The first-order valence-electron chi connectivity index (χ1n) is 10.1. The quantitative estimate of drug-likeness (QED) is 0.600. The Bertz CT molecular complexity index is 1140. The number of benzene rings is 1. The van der Waals surface area contributed by atoms with Gasteiger partial charge in [-0.3, -0.25) is 0 Å². The van der Waals surface area contributed by atoms with Crippen molar-refractivity contribution >= 4 is 37.9 Å². The maximum absolute atomic E-state index is 12.3. The summed E-state index contributed by atoms with van der Waals surface area (Å²) in [6.07, 6.45) is 3.19. The van der Waals surface area contributed by atoms with Crippen LogP contribution in [-0.4, -0.2) is 76.3 Å². The fourth-order valence-corrected chi connectivity index (χ4v) is 5.13. The number of hydrogen-bond acceptors (Lipinski definition) is 8. The number of hydrogen-bond donors (Lipinski definition) is 1. The molecule has 1 fully saturated rings. The molecular formula is C19H27N7O3S. The highest BCUT2D eigenvalue weighted by molar-refractivity contribution is 7.89. The molecule has 0 atom stereocenters. The van der Waals surface area contributed by atoms with Gasteiger partial charge >= 0.3 is 0 Å². The number of fused-ring (bicyclic) bond motifs is 3. The molecule has 0 saturated carbocycles. The SMILES string of the molecule is COCCS(=O)(=O)N1CCC(Nc2ncc3ccc4nnn(C(C)C)c4c3n2)CC1. The lowest BCUT2D eigenvalue weighted by Gasteiger charge is -2.31. The molecule has 1 aliphatic rings. The van der Waals surface area contributed by atoms with E-state index >= 15 is 0 Å². The van der Waals surface area contributed by atoms with Crippen LogP contribution in [0.3, 0.4) is 0 Å². The fraction of sp³-hybridized carbons (Fsp3) is 0.579. The summed E-state index contributed by atoms with van der Waals surface area (Å²) in [7, 11) is -1.76. The molecule has 0 radical (unpaired) electrons. The second kappa shape index (κ2) is 8.40. The molecule has 4 rings (SSSR count). The van der Waals surface area contributed by atoms with Crippen LogP contribution in [0.2, 0.25) is 0 Å². The molecule has 10 nitrogen and oxygen atoms in total. The Hall–Kier alpha value is -2.37. The number of aromatic nitrogens is 5. The number of nitrogens with one attached hydrogen (secondary N) is 1. The third-order valence-corrected chi connectivity index (χ3v) is 7.23. The van der Waals surface area contributed by atoms with Crippen molar-refractivity contribution in [2.45, 2.75) is 38.8 Å². The van der Waals surface area contributed by atoms with Crippen LogP contribution >= 0.6 is 0 Å². The van der Waals surface area contributed by atoms with Gasteiger partial charge in [0, 0.05) is 43.9 Å². The van der Waals surface area contributed by atoms with E-state index in [4.69, 9.17) is 9.72 Å². The zero-order chi connectivity index (χ0) is 21.3. The van der Waals surface area contributed by atoms with Crippen LogP contribution in [0.15, 0.2) is 18.3 Å². The molecule has 1 aliphatic heterocycles. The van der Waals surface area contributed by atoms with Crippen molar-refractivity contribution in [3.63, 3.8) is 0 Å². The Morgan fingerprint density at radius 3 is 2.73 bits per heavy atom. The lowest BCUT2D eigenvalue weighted by atomic mass is 10.1. The van der Waals surface area contributed by atoms with Crippen molar-refractivity contribution in [2.24, 2.45) is 0 Å². The molecule has 162 valence electrons. The summed E-state index contributed by atoms with van der Waals surface area (Å²) in [5, 5.41) is 12.8. The second-order valence-electron chi connectivity index (χ2n) is 7.82. The molecule has 0 spiro atoms. The average molecular weight is 434 g/mol. The zero-order valence-corrected chi connectivity index (χ0v) is 18.3. The van der Waals surface area contributed by atoms with Crippen molar-refractivity contribution in [1.82, 2.24) is 29.3 Å². The van der Waals surface area contributed by atoms with E-state index in [1.165, 1.54) is 7.11 Å². The largest absolute Gasteiger partial charge is 0.384 e. The molecule has 1 aromatic carbocycles. The highest BCUT2D eigenvalue weighted by atomic mass is 32.2. The van der Waals surface area contributed by atoms with Crippen molar-refractivity contribution in [3.8, 4) is 0 Å². The Labute approximate surface area is 175 Å². The molecule has 3 heterocycles. The summed E-state index contributed by atoms with van der Waals surface area (Å²) < 4.78 is 33.0. The van der Waals surface area contributed by atoms with Gasteiger partial charge in [-0.25, -0.2) is 27.4 Å². The van der Waals surface area contributed by atoms with Crippen molar-refractivity contribution in [2.75, 3.05) is 37.9 Å². The van der Waals surface area contributed by atoms with Gasteiger partial charge in [-0.05, 0) is 38.8 Å². The van der Waals surface area contributed by atoms with E-state index in [1.54, 1.807) is 10.5 Å². The Morgan fingerprint density at radius 1 is 1.27 bits per heavy atom. The minimum absolute atomic E-state index is 0.0168. The monoisotopic (exact) mass is 433 g/mol. The van der Waals surface area contributed by atoms with Crippen LogP contribution in [0.1, 0.15) is 32.7 Å². The maximum Gasteiger partial charge on any atom is 0.223 e. The summed E-state index contributed by atoms with van der Waals surface area (Å²) >= 11 is 0. The number of anilines is 1. The van der Waals surface area contributed by atoms with Gasteiger partial charge in [0.15, 0.2) is 0 Å². The third-order valence-electron chi connectivity index (χ3n) is 5.40. The first-order valence-corrected chi connectivity index (χ1v) is 11.7. The number of nitrogens with zero attached hydrogens (tertiary/aromatic N) is 6. The lowest BCUT2D eigenvalue weighted by Crippen LogP contribution is -2.43. The van der Waals surface area contributed by atoms with Gasteiger partial charge in [-0.2, -0.15) is 0 Å². The predicted octanol–water partition coefficient (Wildman–Crippen LogP) is 1.81. The molecular weight excluding hydrogens is 406 g/mol. The standard InChI is InChI=1S/C19H27N7O3S/c1-13(2)26-18-16(23-24-26)5-4-14-12-20-19(22-17(14)18)21-15-6-8-25(9-7-15)30(27,28)11-10-29-3/h4-5,12-13,15H,6-11H2,1-3H3,(H,20,21,22). The normalized spacial score (nSPS) is 16.7. The van der Waals surface area contributed by atoms with Crippen LogP contribution in [0.4, 0.5) is 5.95 Å². The minimum atomic E-state index is -3.27. The molecule has 3 aromatic rings. The smallest absolute Gasteiger partial charge is 0.223 e. The van der Waals surface area contributed by atoms with E-state index in [-0.39, 0.29) is 24.4 Å². The van der Waals surface area contributed by atoms with Crippen LogP contribution in [0, 0.1) is 0 Å². The van der Waals surface area contributed by atoms with Gasteiger partial charge in [0.25, 0.3) is 0 Å². The summed E-state index contributed by atoms with van der Waals surface area (Å²) in [6.45, 7) is 5.28. The summed E-state index contributed by atoms with van der Waals surface area (Å²) in [6, 6.07) is 4.16. The summed E-state index contributed by atoms with van der Waals surface area (Å²) in [4.78, 5) is 9.20. The minimum Gasteiger partial charge on any atom is -0.384 e. The average Bonchev–Trinajstić information content (AvgIpc) is 3.18. The Kier molecular flexibility index (Phi) is 5.85. The molecule has 0 bridgehead atoms. The van der Waals surface area contributed by atoms with Crippen molar-refractivity contribution < 1.29 is 13.2 Å². The fourth-order valence-electron chi connectivity index (χ4n) is 3.73. The van der Waals surface area contributed by atoms with E-state index in [9.17, 15) is 8.42 Å². The van der Waals surface area contributed by atoms with Gasteiger partial charge < -0.3 is 10.1 Å². The molecule has 1 saturated heterocycles. The van der Waals surface area contributed by atoms with Crippen LogP contribution in [-0.2, 0) is 14.8 Å². The van der Waals surface area contributed by atoms with E-state index < -0.39 is 10.0 Å². The van der Waals surface area contributed by atoms with Gasteiger partial charge in [-0.1, -0.05) is 5.21 Å². The highest BCUT2D eigenvalue weighted by Crippen LogP contribution is 2.25. The first kappa shape index (κ1) is 20.9. The Morgan fingerprint density at radius 2 is 2.03 bits per heavy atom.